The van der Waals surface area contributed by atoms with Crippen molar-refractivity contribution >= 4 is 23.5 Å². The number of benzene rings is 1. The molecule has 1 heterocycles. The van der Waals surface area contributed by atoms with Gasteiger partial charge in [-0.05, 0) is 23.8 Å². The molecule has 0 spiro atoms. The van der Waals surface area contributed by atoms with Gasteiger partial charge in [-0.1, -0.05) is 12.1 Å². The monoisotopic (exact) mass is 371 g/mol. The van der Waals surface area contributed by atoms with E-state index in [1.807, 2.05) is 0 Å². The summed E-state index contributed by atoms with van der Waals surface area (Å²) in [6.45, 7) is 1.38. The molecule has 8 nitrogen and oxygen atoms in total. The van der Waals surface area contributed by atoms with E-state index < -0.39 is 17.9 Å². The fraction of sp³-hybridized carbons (Fsp3) is 0.263. The van der Waals surface area contributed by atoms with Crippen LogP contribution in [-0.2, 0) is 20.7 Å². The molecule has 0 unspecified atom stereocenters. The van der Waals surface area contributed by atoms with Gasteiger partial charge >= 0.3 is 5.97 Å². The standard InChI is InChI=1S/C19H21N3O5/c1-12(23)21-15-6-4-5-14(10-15)18(24)22-16(19(25)27-3)9-13-7-8-17(26-2)20-11-13/h4-8,10-11,16H,9H2,1-3H3,(H,21,23)(H,22,24)/t16-/m1/s1. The second kappa shape index (κ2) is 9.33. The molecular weight excluding hydrogens is 350 g/mol. The third-order valence-corrected chi connectivity index (χ3v) is 3.68. The Morgan fingerprint density at radius 1 is 1.15 bits per heavy atom. The van der Waals surface area contributed by atoms with Gasteiger partial charge in [-0.3, -0.25) is 9.59 Å². The summed E-state index contributed by atoms with van der Waals surface area (Å²) >= 11 is 0. The van der Waals surface area contributed by atoms with Gasteiger partial charge < -0.3 is 20.1 Å². The Kier molecular flexibility index (Phi) is 6.87. The average Bonchev–Trinajstić information content (AvgIpc) is 2.67. The van der Waals surface area contributed by atoms with Crippen LogP contribution in [0, 0.1) is 0 Å². The van der Waals surface area contributed by atoms with Crippen LogP contribution in [0.3, 0.4) is 0 Å². The fourth-order valence-electron chi connectivity index (χ4n) is 2.41. The number of rotatable bonds is 7. The molecule has 0 bridgehead atoms. The molecule has 2 N–H and O–H groups in total. The van der Waals surface area contributed by atoms with E-state index in [1.54, 1.807) is 36.5 Å². The molecule has 0 saturated carbocycles. The van der Waals surface area contributed by atoms with Crippen molar-refractivity contribution in [3.63, 3.8) is 0 Å². The number of anilines is 1. The summed E-state index contributed by atoms with van der Waals surface area (Å²) in [4.78, 5) is 39.9. The topological polar surface area (TPSA) is 107 Å². The van der Waals surface area contributed by atoms with Crippen LogP contribution in [-0.4, -0.2) is 43.0 Å². The molecule has 1 aromatic carbocycles. The van der Waals surface area contributed by atoms with Crippen molar-refractivity contribution in [2.45, 2.75) is 19.4 Å². The zero-order chi connectivity index (χ0) is 19.8. The van der Waals surface area contributed by atoms with Crippen molar-refractivity contribution in [3.8, 4) is 5.88 Å². The number of hydrogen-bond acceptors (Lipinski definition) is 6. The second-order valence-electron chi connectivity index (χ2n) is 5.72. The lowest BCUT2D eigenvalue weighted by Gasteiger charge is -2.17. The SMILES string of the molecule is COC(=O)[C@@H](Cc1ccc(OC)nc1)NC(=O)c1cccc(NC(C)=O)c1. The number of carbonyl (C=O) groups is 3. The Morgan fingerprint density at radius 2 is 1.93 bits per heavy atom. The van der Waals surface area contributed by atoms with Crippen LogP contribution in [0.1, 0.15) is 22.8 Å². The van der Waals surface area contributed by atoms with Gasteiger partial charge in [-0.2, -0.15) is 0 Å². The van der Waals surface area contributed by atoms with Crippen molar-refractivity contribution in [3.05, 3.63) is 53.7 Å². The number of methoxy groups -OCH3 is 2. The number of esters is 1. The minimum atomic E-state index is -0.887. The van der Waals surface area contributed by atoms with Crippen LogP contribution in [0.5, 0.6) is 5.88 Å². The van der Waals surface area contributed by atoms with E-state index in [1.165, 1.54) is 27.2 Å². The van der Waals surface area contributed by atoms with Crippen LogP contribution >= 0.6 is 0 Å². The number of carbonyl (C=O) groups excluding carboxylic acids is 3. The Morgan fingerprint density at radius 3 is 2.52 bits per heavy atom. The minimum Gasteiger partial charge on any atom is -0.481 e. The highest BCUT2D eigenvalue weighted by Gasteiger charge is 2.23. The molecule has 0 aliphatic carbocycles. The van der Waals surface area contributed by atoms with E-state index in [0.29, 0.717) is 17.1 Å². The number of aromatic nitrogens is 1. The minimum absolute atomic E-state index is 0.209. The summed E-state index contributed by atoms with van der Waals surface area (Å²) in [7, 11) is 2.76. The van der Waals surface area contributed by atoms with Crippen molar-refractivity contribution in [2.24, 2.45) is 0 Å². The molecule has 2 aromatic rings. The zero-order valence-electron chi connectivity index (χ0n) is 15.3. The lowest BCUT2D eigenvalue weighted by molar-refractivity contribution is -0.142. The van der Waals surface area contributed by atoms with Gasteiger partial charge in [0.1, 0.15) is 6.04 Å². The first-order valence-corrected chi connectivity index (χ1v) is 8.18. The molecule has 2 amide bonds. The Labute approximate surface area is 156 Å². The smallest absolute Gasteiger partial charge is 0.328 e. The van der Waals surface area contributed by atoms with Crippen LogP contribution < -0.4 is 15.4 Å². The van der Waals surface area contributed by atoms with Gasteiger partial charge in [-0.25, -0.2) is 9.78 Å². The van der Waals surface area contributed by atoms with Gasteiger partial charge in [0.25, 0.3) is 5.91 Å². The van der Waals surface area contributed by atoms with Crippen molar-refractivity contribution in [1.82, 2.24) is 10.3 Å². The van der Waals surface area contributed by atoms with Crippen LogP contribution in [0.4, 0.5) is 5.69 Å². The zero-order valence-corrected chi connectivity index (χ0v) is 15.3. The summed E-state index contributed by atoms with van der Waals surface area (Å²) in [6.07, 6.45) is 1.78. The highest BCUT2D eigenvalue weighted by Crippen LogP contribution is 2.13. The lowest BCUT2D eigenvalue weighted by atomic mass is 10.1. The summed E-state index contributed by atoms with van der Waals surface area (Å²) < 4.78 is 9.79. The first-order valence-electron chi connectivity index (χ1n) is 8.18. The summed E-state index contributed by atoms with van der Waals surface area (Å²) in [6, 6.07) is 8.96. The molecule has 8 heteroatoms. The first-order chi connectivity index (χ1) is 12.9. The molecular formula is C19H21N3O5. The van der Waals surface area contributed by atoms with Gasteiger partial charge in [-0.15, -0.1) is 0 Å². The van der Waals surface area contributed by atoms with E-state index in [4.69, 9.17) is 9.47 Å². The van der Waals surface area contributed by atoms with Gasteiger partial charge in [0.2, 0.25) is 11.8 Å². The maximum absolute atomic E-state index is 12.5. The predicted molar refractivity (Wildman–Crippen MR) is 98.5 cm³/mol. The van der Waals surface area contributed by atoms with Crippen molar-refractivity contribution < 1.29 is 23.9 Å². The van der Waals surface area contributed by atoms with E-state index in [-0.39, 0.29) is 12.3 Å². The summed E-state index contributed by atoms with van der Waals surface area (Å²) in [5.74, 6) is -0.824. The molecule has 142 valence electrons. The quantitative estimate of drug-likeness (QED) is 0.716. The van der Waals surface area contributed by atoms with E-state index >= 15 is 0 Å². The van der Waals surface area contributed by atoms with Crippen LogP contribution in [0.2, 0.25) is 0 Å². The summed E-state index contributed by atoms with van der Waals surface area (Å²) in [5.41, 5.74) is 1.53. The van der Waals surface area contributed by atoms with Crippen LogP contribution in [0.25, 0.3) is 0 Å². The number of pyridine rings is 1. The number of nitrogens with zero attached hydrogens (tertiary/aromatic N) is 1. The Balaban J connectivity index is 2.13. The van der Waals surface area contributed by atoms with Crippen LogP contribution in [0.15, 0.2) is 42.6 Å². The molecule has 2 rings (SSSR count). The molecule has 0 radical (unpaired) electrons. The first kappa shape index (κ1) is 19.9. The molecule has 0 aliphatic heterocycles. The van der Waals surface area contributed by atoms with Gasteiger partial charge in [0.15, 0.2) is 0 Å². The third kappa shape index (κ3) is 5.81. The second-order valence-corrected chi connectivity index (χ2v) is 5.72. The number of hydrogen-bond donors (Lipinski definition) is 2. The average molecular weight is 371 g/mol. The third-order valence-electron chi connectivity index (χ3n) is 3.68. The highest BCUT2D eigenvalue weighted by molar-refractivity contribution is 5.98. The van der Waals surface area contributed by atoms with E-state index in [0.717, 1.165) is 5.56 Å². The highest BCUT2D eigenvalue weighted by atomic mass is 16.5. The molecule has 0 fully saturated rings. The lowest BCUT2D eigenvalue weighted by Crippen LogP contribution is -2.43. The number of ether oxygens (including phenoxy) is 2. The number of amides is 2. The molecule has 0 aliphatic rings. The molecule has 1 atom stereocenters. The van der Waals surface area contributed by atoms with Gasteiger partial charge in [0, 0.05) is 36.9 Å². The molecule has 27 heavy (non-hydrogen) atoms. The fourth-order valence-corrected chi connectivity index (χ4v) is 2.41. The maximum atomic E-state index is 12.5. The largest absolute Gasteiger partial charge is 0.481 e. The van der Waals surface area contributed by atoms with E-state index in [2.05, 4.69) is 15.6 Å². The maximum Gasteiger partial charge on any atom is 0.328 e. The summed E-state index contributed by atoms with van der Waals surface area (Å²) in [5, 5.41) is 5.26. The number of nitrogens with one attached hydrogen (secondary N) is 2. The van der Waals surface area contributed by atoms with Crippen molar-refractivity contribution in [1.29, 1.82) is 0 Å². The van der Waals surface area contributed by atoms with Crippen molar-refractivity contribution in [2.75, 3.05) is 19.5 Å². The van der Waals surface area contributed by atoms with Gasteiger partial charge in [0.05, 0.1) is 14.2 Å². The Bertz CT molecular complexity index is 820. The Hall–Kier alpha value is -3.42. The normalized spacial score (nSPS) is 11.2. The van der Waals surface area contributed by atoms with E-state index in [9.17, 15) is 14.4 Å². The molecule has 0 saturated heterocycles. The molecule has 1 aromatic heterocycles. The predicted octanol–water partition coefficient (Wildman–Crippen LogP) is 1.56.